The van der Waals surface area contributed by atoms with E-state index in [1.165, 1.54) is 0 Å². The summed E-state index contributed by atoms with van der Waals surface area (Å²) in [4.78, 5) is 0. The fourth-order valence-electron chi connectivity index (χ4n) is 0.907. The van der Waals surface area contributed by atoms with Crippen molar-refractivity contribution >= 4 is 19.9 Å². The average molecular weight is 209 g/mol. The molecular formula is C9H21ClOSi. The van der Waals surface area contributed by atoms with Crippen LogP contribution in [0.25, 0.3) is 0 Å². The lowest BCUT2D eigenvalue weighted by molar-refractivity contribution is 0.252. The van der Waals surface area contributed by atoms with Crippen molar-refractivity contribution in [1.29, 1.82) is 0 Å². The Balaban J connectivity index is 3.53. The van der Waals surface area contributed by atoms with Crippen LogP contribution >= 0.6 is 11.6 Å². The van der Waals surface area contributed by atoms with Crippen LogP contribution in [0.2, 0.25) is 19.6 Å². The van der Waals surface area contributed by atoms with E-state index in [2.05, 4.69) is 33.5 Å². The highest BCUT2D eigenvalue weighted by atomic mass is 35.5. The predicted octanol–water partition coefficient (Wildman–Crippen LogP) is 3.84. The third-order valence-electron chi connectivity index (χ3n) is 1.45. The van der Waals surface area contributed by atoms with Crippen molar-refractivity contribution in [3.8, 4) is 0 Å². The van der Waals surface area contributed by atoms with Gasteiger partial charge >= 0.3 is 0 Å². The van der Waals surface area contributed by atoms with Crippen LogP contribution in [0.1, 0.15) is 26.7 Å². The van der Waals surface area contributed by atoms with E-state index in [0.29, 0.717) is 0 Å². The minimum absolute atomic E-state index is 0.0703. The highest BCUT2D eigenvalue weighted by molar-refractivity contribution is 6.70. The van der Waals surface area contributed by atoms with Gasteiger partial charge < -0.3 is 4.43 Å². The van der Waals surface area contributed by atoms with E-state index in [1.54, 1.807) is 0 Å². The maximum atomic E-state index is 6.02. The molecule has 0 bridgehead atoms. The Kier molecular flexibility index (Phi) is 5.46. The lowest BCUT2D eigenvalue weighted by Gasteiger charge is -2.22. The molecule has 0 aromatic carbocycles. The van der Waals surface area contributed by atoms with Crippen LogP contribution in [0, 0.1) is 5.92 Å². The van der Waals surface area contributed by atoms with Crippen molar-refractivity contribution in [2.75, 3.05) is 0 Å². The zero-order valence-corrected chi connectivity index (χ0v) is 10.6. The summed E-state index contributed by atoms with van der Waals surface area (Å²) in [5.41, 5.74) is -0.0703. The Labute approximate surface area is 82.6 Å². The smallest absolute Gasteiger partial charge is 0.185 e. The number of alkyl halides is 1. The first kappa shape index (κ1) is 12.5. The summed E-state index contributed by atoms with van der Waals surface area (Å²) in [6, 6.07) is 0. The van der Waals surface area contributed by atoms with Crippen molar-refractivity contribution < 1.29 is 4.43 Å². The summed E-state index contributed by atoms with van der Waals surface area (Å²) in [5.74, 6) is 0.719. The van der Waals surface area contributed by atoms with E-state index in [0.717, 1.165) is 18.8 Å². The maximum absolute atomic E-state index is 6.02. The monoisotopic (exact) mass is 208 g/mol. The lowest BCUT2D eigenvalue weighted by atomic mass is 10.1. The van der Waals surface area contributed by atoms with Crippen molar-refractivity contribution in [3.05, 3.63) is 0 Å². The van der Waals surface area contributed by atoms with Crippen LogP contribution in [-0.2, 0) is 4.43 Å². The second kappa shape index (κ2) is 5.25. The van der Waals surface area contributed by atoms with E-state index in [1.807, 2.05) is 0 Å². The SMILES string of the molecule is CC(C)CCC(Cl)O[Si](C)(C)C. The van der Waals surface area contributed by atoms with Gasteiger partial charge in [-0.2, -0.15) is 0 Å². The van der Waals surface area contributed by atoms with E-state index in [-0.39, 0.29) is 5.56 Å². The molecule has 0 aliphatic carbocycles. The first-order chi connectivity index (χ1) is 5.31. The Morgan fingerprint density at radius 1 is 1.17 bits per heavy atom. The highest BCUT2D eigenvalue weighted by Gasteiger charge is 2.19. The molecule has 1 nitrogen and oxygen atoms in total. The third kappa shape index (κ3) is 8.56. The molecule has 0 aliphatic heterocycles. The molecule has 0 aromatic heterocycles. The number of halogens is 1. The van der Waals surface area contributed by atoms with Gasteiger partial charge in [0.1, 0.15) is 5.56 Å². The number of rotatable bonds is 5. The molecule has 0 spiro atoms. The van der Waals surface area contributed by atoms with Gasteiger partial charge in [-0.3, -0.25) is 0 Å². The van der Waals surface area contributed by atoms with Crippen molar-refractivity contribution in [1.82, 2.24) is 0 Å². The molecule has 0 fully saturated rings. The Hall–Kier alpha value is 0.467. The van der Waals surface area contributed by atoms with Gasteiger partial charge in [0.15, 0.2) is 8.32 Å². The molecule has 0 N–H and O–H groups in total. The zero-order chi connectivity index (χ0) is 9.78. The summed E-state index contributed by atoms with van der Waals surface area (Å²) in [7, 11) is -1.42. The molecule has 0 saturated carbocycles. The number of hydrogen-bond acceptors (Lipinski definition) is 1. The molecule has 1 atom stereocenters. The summed E-state index contributed by atoms with van der Waals surface area (Å²) in [6.45, 7) is 10.9. The summed E-state index contributed by atoms with van der Waals surface area (Å²) >= 11 is 6.02. The predicted molar refractivity (Wildman–Crippen MR) is 58.1 cm³/mol. The van der Waals surface area contributed by atoms with Gasteiger partial charge in [-0.25, -0.2) is 0 Å². The summed E-state index contributed by atoms with van der Waals surface area (Å²) < 4.78 is 5.69. The van der Waals surface area contributed by atoms with Gasteiger partial charge in [0.05, 0.1) is 0 Å². The molecule has 0 rings (SSSR count). The minimum atomic E-state index is -1.42. The summed E-state index contributed by atoms with van der Waals surface area (Å²) in [6.07, 6.45) is 2.13. The van der Waals surface area contributed by atoms with Crippen molar-refractivity contribution in [2.24, 2.45) is 5.92 Å². The molecule has 0 aliphatic rings. The number of hydrogen-bond donors (Lipinski definition) is 0. The first-order valence-corrected chi connectivity index (χ1v) is 8.47. The standard InChI is InChI=1S/C9H21ClOSi/c1-8(2)6-7-9(10)11-12(3,4)5/h8-9H,6-7H2,1-5H3. The fraction of sp³-hybridized carbons (Fsp3) is 1.00. The molecular weight excluding hydrogens is 188 g/mol. The topological polar surface area (TPSA) is 9.23 Å². The second-order valence-electron chi connectivity index (χ2n) is 4.61. The molecule has 1 unspecified atom stereocenters. The van der Waals surface area contributed by atoms with Crippen LogP contribution in [0.15, 0.2) is 0 Å². The molecule has 0 heterocycles. The first-order valence-electron chi connectivity index (χ1n) is 4.63. The van der Waals surface area contributed by atoms with Gasteiger partial charge in [0.2, 0.25) is 0 Å². The quantitative estimate of drug-likeness (QED) is 0.493. The van der Waals surface area contributed by atoms with Crippen LogP contribution in [0.4, 0.5) is 0 Å². The van der Waals surface area contributed by atoms with Crippen LogP contribution in [0.3, 0.4) is 0 Å². The molecule has 12 heavy (non-hydrogen) atoms. The van der Waals surface area contributed by atoms with Crippen LogP contribution in [-0.4, -0.2) is 13.9 Å². The zero-order valence-electron chi connectivity index (χ0n) is 8.86. The van der Waals surface area contributed by atoms with Crippen molar-refractivity contribution in [3.63, 3.8) is 0 Å². The molecule has 0 aromatic rings. The normalized spacial score (nSPS) is 15.2. The molecule has 0 radical (unpaired) electrons. The van der Waals surface area contributed by atoms with E-state index in [4.69, 9.17) is 16.0 Å². The fourth-order valence-corrected chi connectivity index (χ4v) is 2.72. The van der Waals surface area contributed by atoms with Crippen LogP contribution in [0.5, 0.6) is 0 Å². The third-order valence-corrected chi connectivity index (χ3v) is 2.90. The van der Waals surface area contributed by atoms with Crippen LogP contribution < -0.4 is 0 Å². The molecule has 0 saturated heterocycles. The van der Waals surface area contributed by atoms with Gasteiger partial charge in [0, 0.05) is 0 Å². The van der Waals surface area contributed by atoms with Gasteiger partial charge in [0.25, 0.3) is 0 Å². The van der Waals surface area contributed by atoms with E-state index < -0.39 is 8.32 Å². The van der Waals surface area contributed by atoms with E-state index in [9.17, 15) is 0 Å². The Bertz CT molecular complexity index is 120. The lowest BCUT2D eigenvalue weighted by Crippen LogP contribution is -2.29. The Morgan fingerprint density at radius 3 is 2.00 bits per heavy atom. The summed E-state index contributed by atoms with van der Waals surface area (Å²) in [5, 5.41) is 0. The van der Waals surface area contributed by atoms with Crippen molar-refractivity contribution in [2.45, 2.75) is 51.9 Å². The maximum Gasteiger partial charge on any atom is 0.185 e. The van der Waals surface area contributed by atoms with Gasteiger partial charge in [-0.1, -0.05) is 25.4 Å². The molecule has 74 valence electrons. The highest BCUT2D eigenvalue weighted by Crippen LogP contribution is 2.17. The minimum Gasteiger partial charge on any atom is -0.402 e. The average Bonchev–Trinajstić information content (AvgIpc) is 1.79. The second-order valence-corrected chi connectivity index (χ2v) is 9.56. The molecule has 3 heteroatoms. The van der Waals surface area contributed by atoms with E-state index >= 15 is 0 Å². The Morgan fingerprint density at radius 2 is 1.67 bits per heavy atom. The van der Waals surface area contributed by atoms with Gasteiger partial charge in [-0.05, 0) is 38.4 Å². The van der Waals surface area contributed by atoms with Gasteiger partial charge in [-0.15, -0.1) is 0 Å². The largest absolute Gasteiger partial charge is 0.402 e. The molecule has 0 amide bonds.